The fourth-order valence-corrected chi connectivity index (χ4v) is 4.89. The monoisotopic (exact) mass is 604 g/mol. The van der Waals surface area contributed by atoms with Crippen molar-refractivity contribution in [3.8, 4) is 0 Å². The molecule has 8 nitrogen and oxygen atoms in total. The summed E-state index contributed by atoms with van der Waals surface area (Å²) in [6, 6.07) is 0. The lowest BCUT2D eigenvalue weighted by molar-refractivity contribution is -0.161. The van der Waals surface area contributed by atoms with Crippen LogP contribution >= 0.6 is 7.82 Å². The van der Waals surface area contributed by atoms with E-state index >= 15 is 0 Å². The Morgan fingerprint density at radius 3 is 1.56 bits per heavy atom. The van der Waals surface area contributed by atoms with Crippen LogP contribution in [0.4, 0.5) is 0 Å². The van der Waals surface area contributed by atoms with Gasteiger partial charge in [0.1, 0.15) is 6.61 Å². The van der Waals surface area contributed by atoms with Gasteiger partial charge in [0.15, 0.2) is 6.10 Å². The van der Waals surface area contributed by atoms with Gasteiger partial charge in [-0.25, -0.2) is 4.57 Å². The molecule has 0 aliphatic heterocycles. The SMILES string of the molecule is CCCC/C=C/CCCCCCCC(=O)OC[C@H](COP(=O)(O)O)OC(=O)CCCCCCCCCCCCCC. The van der Waals surface area contributed by atoms with E-state index in [-0.39, 0.29) is 19.4 Å². The molecule has 0 bridgehead atoms. The van der Waals surface area contributed by atoms with Crippen LogP contribution in [0.25, 0.3) is 0 Å². The van der Waals surface area contributed by atoms with E-state index in [2.05, 4.69) is 30.5 Å². The summed E-state index contributed by atoms with van der Waals surface area (Å²) in [5.41, 5.74) is 0. The van der Waals surface area contributed by atoms with Gasteiger partial charge in [0.25, 0.3) is 0 Å². The van der Waals surface area contributed by atoms with Crippen molar-refractivity contribution in [2.45, 2.75) is 168 Å². The van der Waals surface area contributed by atoms with Gasteiger partial charge in [-0.3, -0.25) is 14.1 Å². The molecule has 242 valence electrons. The van der Waals surface area contributed by atoms with Gasteiger partial charge < -0.3 is 19.3 Å². The Bertz CT molecular complexity index is 691. The van der Waals surface area contributed by atoms with Crippen LogP contribution in [0.1, 0.15) is 162 Å². The smallest absolute Gasteiger partial charge is 0.462 e. The second kappa shape index (κ2) is 28.9. The van der Waals surface area contributed by atoms with Crippen LogP contribution in [0.2, 0.25) is 0 Å². The fourth-order valence-electron chi connectivity index (χ4n) is 4.53. The van der Waals surface area contributed by atoms with E-state index in [9.17, 15) is 14.2 Å². The van der Waals surface area contributed by atoms with E-state index in [1.165, 1.54) is 64.2 Å². The minimum Gasteiger partial charge on any atom is -0.462 e. The molecule has 9 heteroatoms. The molecular weight excluding hydrogens is 543 g/mol. The predicted octanol–water partition coefficient (Wildman–Crippen LogP) is 9.12. The van der Waals surface area contributed by atoms with Crippen LogP contribution in [-0.4, -0.2) is 41.0 Å². The molecule has 0 spiro atoms. The van der Waals surface area contributed by atoms with Crippen molar-refractivity contribution in [1.29, 1.82) is 0 Å². The molecule has 0 aromatic heterocycles. The van der Waals surface area contributed by atoms with Gasteiger partial charge in [-0.15, -0.1) is 0 Å². The summed E-state index contributed by atoms with van der Waals surface area (Å²) in [5.74, 6) is -0.894. The van der Waals surface area contributed by atoms with E-state index in [0.29, 0.717) is 12.8 Å². The molecule has 0 aliphatic carbocycles. The molecule has 0 saturated heterocycles. The van der Waals surface area contributed by atoms with Crippen molar-refractivity contribution in [3.05, 3.63) is 12.2 Å². The Kier molecular flexibility index (Phi) is 28.0. The molecule has 0 aromatic rings. The third kappa shape index (κ3) is 31.6. The van der Waals surface area contributed by atoms with Gasteiger partial charge >= 0.3 is 19.8 Å². The Morgan fingerprint density at radius 1 is 0.610 bits per heavy atom. The zero-order valence-electron chi connectivity index (χ0n) is 26.2. The van der Waals surface area contributed by atoms with Gasteiger partial charge in [0.2, 0.25) is 0 Å². The Hall–Kier alpha value is -1.21. The van der Waals surface area contributed by atoms with Gasteiger partial charge in [-0.05, 0) is 32.1 Å². The summed E-state index contributed by atoms with van der Waals surface area (Å²) in [6.07, 6.45) is 27.9. The number of rotatable bonds is 30. The van der Waals surface area contributed by atoms with Crippen LogP contribution in [0.3, 0.4) is 0 Å². The number of carbonyl (C=O) groups excluding carboxylic acids is 2. The summed E-state index contributed by atoms with van der Waals surface area (Å²) in [4.78, 5) is 42.4. The molecule has 0 amide bonds. The van der Waals surface area contributed by atoms with E-state index in [1.807, 2.05) is 0 Å². The lowest BCUT2D eigenvalue weighted by atomic mass is 10.0. The molecule has 1 atom stereocenters. The third-order valence-electron chi connectivity index (χ3n) is 7.03. The van der Waals surface area contributed by atoms with Crippen LogP contribution < -0.4 is 0 Å². The molecule has 0 unspecified atom stereocenters. The number of carbonyl (C=O) groups is 2. The first kappa shape index (κ1) is 39.8. The number of esters is 2. The number of allylic oxidation sites excluding steroid dienone is 2. The number of phosphoric acid groups is 1. The second-order valence-electron chi connectivity index (χ2n) is 11.1. The predicted molar refractivity (Wildman–Crippen MR) is 166 cm³/mol. The summed E-state index contributed by atoms with van der Waals surface area (Å²) in [6.45, 7) is 3.61. The molecule has 41 heavy (non-hydrogen) atoms. The number of unbranched alkanes of at least 4 members (excludes halogenated alkanes) is 18. The van der Waals surface area contributed by atoms with Crippen molar-refractivity contribution in [2.75, 3.05) is 13.2 Å². The average molecular weight is 605 g/mol. The van der Waals surface area contributed by atoms with Crippen LogP contribution in [0.5, 0.6) is 0 Å². The van der Waals surface area contributed by atoms with Crippen LogP contribution in [-0.2, 0) is 28.2 Å². The Labute approximate surface area is 250 Å². The lowest BCUT2D eigenvalue weighted by Gasteiger charge is -2.18. The molecule has 0 saturated carbocycles. The minimum atomic E-state index is -4.74. The topological polar surface area (TPSA) is 119 Å². The highest BCUT2D eigenvalue weighted by Crippen LogP contribution is 2.35. The number of phosphoric ester groups is 1. The molecule has 0 rings (SSSR count). The highest BCUT2D eigenvalue weighted by Gasteiger charge is 2.22. The van der Waals surface area contributed by atoms with Crippen molar-refractivity contribution >= 4 is 19.8 Å². The molecule has 2 N–H and O–H groups in total. The van der Waals surface area contributed by atoms with Crippen LogP contribution in [0.15, 0.2) is 12.2 Å². The van der Waals surface area contributed by atoms with E-state index in [1.54, 1.807) is 0 Å². The van der Waals surface area contributed by atoms with E-state index in [4.69, 9.17) is 19.3 Å². The Balaban J connectivity index is 4.02. The maximum absolute atomic E-state index is 12.3. The number of hydrogen-bond donors (Lipinski definition) is 2. The first-order valence-corrected chi connectivity index (χ1v) is 18.0. The van der Waals surface area contributed by atoms with Crippen molar-refractivity contribution < 1.29 is 37.9 Å². The summed E-state index contributed by atoms with van der Waals surface area (Å²) in [7, 11) is -4.74. The molecule has 0 aliphatic rings. The molecule has 0 fully saturated rings. The number of hydrogen-bond acceptors (Lipinski definition) is 6. The molecule has 0 heterocycles. The minimum absolute atomic E-state index is 0.215. The summed E-state index contributed by atoms with van der Waals surface area (Å²) < 4.78 is 26.2. The first-order chi connectivity index (χ1) is 19.8. The van der Waals surface area contributed by atoms with Crippen LogP contribution in [0, 0.1) is 0 Å². The highest BCUT2D eigenvalue weighted by atomic mass is 31.2. The quantitative estimate of drug-likeness (QED) is 0.0360. The second-order valence-corrected chi connectivity index (χ2v) is 12.4. The molecular formula is C32H61O8P. The molecule has 0 aromatic carbocycles. The van der Waals surface area contributed by atoms with Crippen molar-refractivity contribution in [3.63, 3.8) is 0 Å². The first-order valence-electron chi connectivity index (χ1n) is 16.5. The third-order valence-corrected chi connectivity index (χ3v) is 7.52. The highest BCUT2D eigenvalue weighted by molar-refractivity contribution is 7.46. The molecule has 0 radical (unpaired) electrons. The largest absolute Gasteiger partial charge is 0.469 e. The van der Waals surface area contributed by atoms with Gasteiger partial charge in [-0.2, -0.15) is 0 Å². The standard InChI is InChI=1S/C32H61O8P/c1-3-5-7-9-11-13-15-17-19-21-23-25-27-32(34)40-30(29-39-41(35,36)37)28-38-31(33)26-24-22-20-18-16-14-12-10-8-6-4-2/h10,12,30H,3-9,11,13-29H2,1-2H3,(H2,35,36,37)/b12-10+/t30-/m1/s1. The summed E-state index contributed by atoms with van der Waals surface area (Å²) >= 11 is 0. The zero-order valence-corrected chi connectivity index (χ0v) is 27.1. The fraction of sp³-hybridized carbons (Fsp3) is 0.875. The van der Waals surface area contributed by atoms with Crippen molar-refractivity contribution in [2.24, 2.45) is 0 Å². The lowest BCUT2D eigenvalue weighted by Crippen LogP contribution is -2.29. The Morgan fingerprint density at radius 2 is 1.05 bits per heavy atom. The maximum Gasteiger partial charge on any atom is 0.469 e. The van der Waals surface area contributed by atoms with Gasteiger partial charge in [0, 0.05) is 12.8 Å². The normalized spacial score (nSPS) is 12.6. The van der Waals surface area contributed by atoms with Gasteiger partial charge in [0.05, 0.1) is 6.61 Å². The zero-order chi connectivity index (χ0) is 30.4. The average Bonchev–Trinajstić information content (AvgIpc) is 2.93. The van der Waals surface area contributed by atoms with Crippen molar-refractivity contribution in [1.82, 2.24) is 0 Å². The maximum atomic E-state index is 12.3. The van der Waals surface area contributed by atoms with Gasteiger partial charge in [-0.1, -0.05) is 129 Å². The summed E-state index contributed by atoms with van der Waals surface area (Å²) in [5, 5.41) is 0. The van der Waals surface area contributed by atoms with E-state index < -0.39 is 32.5 Å². The van der Waals surface area contributed by atoms with E-state index in [0.717, 1.165) is 57.8 Å². The number of ether oxygens (including phenoxy) is 2.